The highest BCUT2D eigenvalue weighted by molar-refractivity contribution is 6.27. The number of aliphatic carboxylic acids is 2. The molecule has 7 nitrogen and oxygen atoms in total. The third-order valence-electron chi connectivity index (χ3n) is 3.73. The number of benzene rings is 1. The average molecular weight is 317 g/mol. The predicted molar refractivity (Wildman–Crippen MR) is 87.6 cm³/mol. The number of aromatic nitrogens is 1. The molecule has 0 saturated heterocycles. The first-order valence-corrected chi connectivity index (χ1v) is 7.26. The molecule has 2 aromatic rings. The van der Waals surface area contributed by atoms with Gasteiger partial charge in [-0.15, -0.1) is 0 Å². The maximum atomic E-state index is 9.10. The van der Waals surface area contributed by atoms with Crippen molar-refractivity contribution in [2.24, 2.45) is 0 Å². The minimum absolute atomic E-state index is 0.916. The van der Waals surface area contributed by atoms with E-state index in [2.05, 4.69) is 18.0 Å². The van der Waals surface area contributed by atoms with Crippen LogP contribution in [0.2, 0.25) is 0 Å². The van der Waals surface area contributed by atoms with E-state index in [1.54, 1.807) is 0 Å². The van der Waals surface area contributed by atoms with Gasteiger partial charge in [-0.3, -0.25) is 0 Å². The zero-order chi connectivity index (χ0) is 17.0. The Morgan fingerprint density at radius 3 is 2.48 bits per heavy atom. The van der Waals surface area contributed by atoms with Crippen LogP contribution in [0.25, 0.3) is 10.9 Å². The lowest BCUT2D eigenvalue weighted by Gasteiger charge is -2.20. The fourth-order valence-electron chi connectivity index (χ4n) is 2.58. The van der Waals surface area contributed by atoms with Gasteiger partial charge in [-0.1, -0.05) is 18.2 Å². The molecular weight excluding hydrogens is 298 g/mol. The van der Waals surface area contributed by atoms with Gasteiger partial charge >= 0.3 is 11.9 Å². The van der Waals surface area contributed by atoms with Crippen LogP contribution in [0.15, 0.2) is 24.3 Å². The molecular formula is C16H19N3O4. The standard InChI is InChI=1S/C14H17N3.C2H2O4/c1-17-9-5-4-7-11-13(15)10-6-2-3-8-12(10)16-14(11)17;3-1(4)2(5)6/h2-3,6,8H,4-5,7,9H2,1H3,(H2,15,16);(H,3,4)(H,5,6). The average Bonchev–Trinajstić information content (AvgIpc) is 2.71. The Kier molecular flexibility index (Phi) is 5.00. The topological polar surface area (TPSA) is 117 Å². The Bertz CT molecular complexity index is 733. The van der Waals surface area contributed by atoms with E-state index in [4.69, 9.17) is 30.5 Å². The molecule has 122 valence electrons. The fraction of sp³-hybridized carbons (Fsp3) is 0.312. The molecule has 2 heterocycles. The van der Waals surface area contributed by atoms with Crippen molar-refractivity contribution >= 4 is 34.3 Å². The van der Waals surface area contributed by atoms with Gasteiger partial charge in [0.1, 0.15) is 5.82 Å². The van der Waals surface area contributed by atoms with Gasteiger partial charge in [-0.2, -0.15) is 0 Å². The van der Waals surface area contributed by atoms with Gasteiger partial charge in [0.15, 0.2) is 0 Å². The zero-order valence-electron chi connectivity index (χ0n) is 12.8. The Morgan fingerprint density at radius 2 is 1.83 bits per heavy atom. The largest absolute Gasteiger partial charge is 0.473 e. The minimum Gasteiger partial charge on any atom is -0.473 e. The first kappa shape index (κ1) is 16.5. The van der Waals surface area contributed by atoms with Crippen molar-refractivity contribution in [3.8, 4) is 0 Å². The summed E-state index contributed by atoms with van der Waals surface area (Å²) in [6, 6.07) is 8.12. The minimum atomic E-state index is -1.82. The van der Waals surface area contributed by atoms with E-state index in [9.17, 15) is 0 Å². The summed E-state index contributed by atoms with van der Waals surface area (Å²) in [6.07, 6.45) is 3.45. The molecule has 4 N–H and O–H groups in total. The third kappa shape index (κ3) is 3.68. The first-order valence-electron chi connectivity index (χ1n) is 7.26. The van der Waals surface area contributed by atoms with Crippen molar-refractivity contribution in [2.45, 2.75) is 19.3 Å². The highest BCUT2D eigenvalue weighted by Gasteiger charge is 2.18. The Hall–Kier alpha value is -2.83. The lowest BCUT2D eigenvalue weighted by molar-refractivity contribution is -0.159. The van der Waals surface area contributed by atoms with Crippen molar-refractivity contribution in [3.05, 3.63) is 29.8 Å². The summed E-state index contributed by atoms with van der Waals surface area (Å²) in [5, 5.41) is 15.9. The number of hydrogen-bond acceptors (Lipinski definition) is 5. The monoisotopic (exact) mass is 317 g/mol. The predicted octanol–water partition coefficient (Wildman–Crippen LogP) is 1.75. The van der Waals surface area contributed by atoms with Crippen molar-refractivity contribution < 1.29 is 19.8 Å². The molecule has 0 bridgehead atoms. The summed E-state index contributed by atoms with van der Waals surface area (Å²) in [6.45, 7) is 1.07. The van der Waals surface area contributed by atoms with E-state index in [1.165, 1.54) is 18.4 Å². The summed E-state index contributed by atoms with van der Waals surface area (Å²) in [7, 11) is 2.10. The second kappa shape index (κ2) is 6.95. The molecule has 0 aliphatic carbocycles. The van der Waals surface area contributed by atoms with Crippen LogP contribution in [0, 0.1) is 0 Å². The smallest absolute Gasteiger partial charge is 0.414 e. The van der Waals surface area contributed by atoms with Crippen LogP contribution < -0.4 is 10.6 Å². The fourth-order valence-corrected chi connectivity index (χ4v) is 2.58. The number of hydrogen-bond donors (Lipinski definition) is 3. The van der Waals surface area contributed by atoms with Gasteiger partial charge in [0, 0.05) is 30.2 Å². The summed E-state index contributed by atoms with van der Waals surface area (Å²) < 4.78 is 0. The lowest BCUT2D eigenvalue weighted by Crippen LogP contribution is -2.19. The molecule has 0 spiro atoms. The molecule has 0 amide bonds. The number of para-hydroxylation sites is 1. The van der Waals surface area contributed by atoms with Crippen LogP contribution in [-0.2, 0) is 16.0 Å². The molecule has 1 aliphatic rings. The van der Waals surface area contributed by atoms with Gasteiger partial charge in [0.25, 0.3) is 0 Å². The molecule has 1 aromatic heterocycles. The van der Waals surface area contributed by atoms with Gasteiger partial charge in [0.05, 0.1) is 5.52 Å². The third-order valence-corrected chi connectivity index (χ3v) is 3.73. The SMILES string of the molecule is CN1CCCCc2c1nc1ccccc1c2N.O=C(O)C(=O)O. The number of fused-ring (bicyclic) bond motifs is 2. The van der Waals surface area contributed by atoms with Gasteiger partial charge in [-0.05, 0) is 25.3 Å². The van der Waals surface area contributed by atoms with Crippen molar-refractivity contribution in [3.63, 3.8) is 0 Å². The Labute approximate surface area is 133 Å². The summed E-state index contributed by atoms with van der Waals surface area (Å²) in [4.78, 5) is 25.2. The normalized spacial score (nSPS) is 13.5. The second-order valence-corrected chi connectivity index (χ2v) is 5.33. The number of pyridine rings is 1. The van der Waals surface area contributed by atoms with E-state index in [0.29, 0.717) is 0 Å². The first-order chi connectivity index (χ1) is 10.9. The van der Waals surface area contributed by atoms with E-state index < -0.39 is 11.9 Å². The molecule has 3 rings (SSSR count). The molecule has 0 atom stereocenters. The molecule has 0 fully saturated rings. The van der Waals surface area contributed by atoms with Gasteiger partial charge in [0.2, 0.25) is 0 Å². The quantitative estimate of drug-likeness (QED) is 0.634. The molecule has 1 aromatic carbocycles. The van der Waals surface area contributed by atoms with Gasteiger partial charge < -0.3 is 20.8 Å². The van der Waals surface area contributed by atoms with Crippen LogP contribution in [0.5, 0.6) is 0 Å². The van der Waals surface area contributed by atoms with Crippen LogP contribution in [0.3, 0.4) is 0 Å². The van der Waals surface area contributed by atoms with Gasteiger partial charge in [-0.25, -0.2) is 14.6 Å². The number of nitrogens with zero attached hydrogens (tertiary/aromatic N) is 2. The van der Waals surface area contributed by atoms with Crippen LogP contribution in [0.4, 0.5) is 11.5 Å². The van der Waals surface area contributed by atoms with Crippen molar-refractivity contribution in [1.29, 1.82) is 0 Å². The van der Waals surface area contributed by atoms with E-state index >= 15 is 0 Å². The molecule has 0 unspecified atom stereocenters. The maximum absolute atomic E-state index is 9.10. The second-order valence-electron chi connectivity index (χ2n) is 5.33. The number of anilines is 2. The molecule has 0 saturated carbocycles. The number of nitrogen functional groups attached to an aromatic ring is 1. The molecule has 7 heteroatoms. The molecule has 23 heavy (non-hydrogen) atoms. The summed E-state index contributed by atoms with van der Waals surface area (Å²) >= 11 is 0. The number of carboxylic acids is 2. The van der Waals surface area contributed by atoms with Crippen molar-refractivity contribution in [2.75, 3.05) is 24.2 Å². The Morgan fingerprint density at radius 1 is 1.17 bits per heavy atom. The highest BCUT2D eigenvalue weighted by Crippen LogP contribution is 2.33. The number of carbonyl (C=O) groups is 2. The molecule has 1 aliphatic heterocycles. The number of nitrogens with two attached hydrogens (primary N) is 1. The Balaban J connectivity index is 0.000000277. The van der Waals surface area contributed by atoms with E-state index in [0.717, 1.165) is 35.4 Å². The molecule has 0 radical (unpaired) electrons. The van der Waals surface area contributed by atoms with Crippen LogP contribution in [-0.4, -0.2) is 40.7 Å². The maximum Gasteiger partial charge on any atom is 0.414 e. The number of rotatable bonds is 0. The lowest BCUT2D eigenvalue weighted by atomic mass is 10.0. The number of carboxylic acid groups (broad SMARTS) is 2. The highest BCUT2D eigenvalue weighted by atomic mass is 16.4. The van der Waals surface area contributed by atoms with E-state index in [-0.39, 0.29) is 0 Å². The zero-order valence-corrected chi connectivity index (χ0v) is 12.8. The summed E-state index contributed by atoms with van der Waals surface area (Å²) in [5.74, 6) is -2.58. The van der Waals surface area contributed by atoms with E-state index in [1.807, 2.05) is 18.2 Å². The van der Waals surface area contributed by atoms with Crippen LogP contribution >= 0.6 is 0 Å². The van der Waals surface area contributed by atoms with Crippen LogP contribution in [0.1, 0.15) is 18.4 Å². The van der Waals surface area contributed by atoms with Crippen molar-refractivity contribution in [1.82, 2.24) is 4.98 Å². The summed E-state index contributed by atoms with van der Waals surface area (Å²) in [5.41, 5.74) is 9.44.